The van der Waals surface area contributed by atoms with Crippen LogP contribution in [0.2, 0.25) is 0 Å². The van der Waals surface area contributed by atoms with Crippen molar-refractivity contribution in [2.24, 2.45) is 5.92 Å². The molecule has 2 nitrogen and oxygen atoms in total. The smallest absolute Gasteiger partial charge is 0.220 e. The van der Waals surface area contributed by atoms with Crippen molar-refractivity contribution in [3.8, 4) is 0 Å². The third kappa shape index (κ3) is 3.14. The number of carbonyl (C=O) groups excluding carboxylic acids is 1. The van der Waals surface area contributed by atoms with E-state index in [0.29, 0.717) is 17.9 Å². The molecule has 1 fully saturated rings. The number of hydrogen-bond acceptors (Lipinski definition) is 1. The van der Waals surface area contributed by atoms with Crippen LogP contribution in [0.4, 0.5) is 4.39 Å². The first kappa shape index (κ1) is 14.0. The number of carbonyl (C=O) groups is 1. The normalized spacial score (nSPS) is 17.7. The molecule has 1 amide bonds. The third-order valence-corrected chi connectivity index (χ3v) is 3.82. The first-order valence-corrected chi connectivity index (χ1v) is 7.09. The van der Waals surface area contributed by atoms with Crippen LogP contribution in [0.3, 0.4) is 0 Å². The predicted molar refractivity (Wildman–Crippen MR) is 74.1 cm³/mol. The van der Waals surface area contributed by atoms with Gasteiger partial charge >= 0.3 is 0 Å². The monoisotopic (exact) mass is 263 g/mol. The van der Waals surface area contributed by atoms with Crippen LogP contribution < -0.4 is 5.32 Å². The lowest BCUT2D eigenvalue weighted by molar-refractivity contribution is -0.123. The first-order valence-electron chi connectivity index (χ1n) is 7.09. The molecule has 0 bridgehead atoms. The van der Waals surface area contributed by atoms with Crippen molar-refractivity contribution in [2.75, 3.05) is 0 Å². The van der Waals surface area contributed by atoms with E-state index in [1.54, 1.807) is 12.1 Å². The van der Waals surface area contributed by atoms with E-state index in [9.17, 15) is 9.18 Å². The molecule has 3 heteroatoms. The van der Waals surface area contributed by atoms with Gasteiger partial charge < -0.3 is 5.32 Å². The van der Waals surface area contributed by atoms with Gasteiger partial charge in [0.05, 0.1) is 5.54 Å². The molecule has 1 aliphatic carbocycles. The topological polar surface area (TPSA) is 29.1 Å². The average molecular weight is 263 g/mol. The lowest BCUT2D eigenvalue weighted by Crippen LogP contribution is -2.44. The third-order valence-electron chi connectivity index (χ3n) is 3.82. The molecule has 0 unspecified atom stereocenters. The van der Waals surface area contributed by atoms with Gasteiger partial charge in [-0.2, -0.15) is 0 Å². The van der Waals surface area contributed by atoms with Gasteiger partial charge in [-0.3, -0.25) is 4.79 Å². The van der Waals surface area contributed by atoms with E-state index in [1.807, 2.05) is 19.9 Å². The first-order chi connectivity index (χ1) is 9.03. The summed E-state index contributed by atoms with van der Waals surface area (Å²) < 4.78 is 14.0. The minimum Gasteiger partial charge on any atom is -0.346 e. The van der Waals surface area contributed by atoms with Gasteiger partial charge in [-0.25, -0.2) is 4.39 Å². The second kappa shape index (κ2) is 5.72. The van der Waals surface area contributed by atoms with Crippen molar-refractivity contribution in [3.05, 3.63) is 35.6 Å². The van der Waals surface area contributed by atoms with E-state index in [1.165, 1.54) is 6.07 Å². The summed E-state index contributed by atoms with van der Waals surface area (Å²) in [4.78, 5) is 12.1. The van der Waals surface area contributed by atoms with Crippen LogP contribution in [-0.2, 0) is 10.3 Å². The van der Waals surface area contributed by atoms with Crippen LogP contribution >= 0.6 is 0 Å². The predicted octanol–water partition coefficient (Wildman–Crippen LogP) is 3.76. The van der Waals surface area contributed by atoms with Crippen LogP contribution in [0.25, 0.3) is 0 Å². The zero-order valence-corrected chi connectivity index (χ0v) is 11.7. The minimum absolute atomic E-state index is 0.0279. The highest BCUT2D eigenvalue weighted by Crippen LogP contribution is 2.39. The van der Waals surface area contributed by atoms with Crippen molar-refractivity contribution in [2.45, 2.75) is 51.5 Å². The number of amides is 1. The summed E-state index contributed by atoms with van der Waals surface area (Å²) in [5.74, 6) is 0.133. The van der Waals surface area contributed by atoms with Gasteiger partial charge in [-0.15, -0.1) is 0 Å². The fourth-order valence-electron chi connectivity index (χ4n) is 2.98. The van der Waals surface area contributed by atoms with Crippen molar-refractivity contribution >= 4 is 5.91 Å². The Balaban J connectivity index is 2.24. The summed E-state index contributed by atoms with van der Waals surface area (Å²) in [7, 11) is 0. The molecule has 0 saturated heterocycles. The zero-order valence-electron chi connectivity index (χ0n) is 11.7. The number of nitrogens with one attached hydrogen (secondary N) is 1. The Labute approximate surface area is 114 Å². The fraction of sp³-hybridized carbons (Fsp3) is 0.562. The summed E-state index contributed by atoms with van der Waals surface area (Å²) in [5.41, 5.74) is 0.154. The summed E-state index contributed by atoms with van der Waals surface area (Å²) in [5, 5.41) is 3.10. The molecule has 1 aromatic rings. The Hall–Kier alpha value is -1.38. The lowest BCUT2D eigenvalue weighted by atomic mass is 9.87. The molecule has 2 rings (SSSR count). The van der Waals surface area contributed by atoms with Crippen LogP contribution in [-0.4, -0.2) is 5.91 Å². The minimum atomic E-state index is -0.489. The van der Waals surface area contributed by atoms with Crippen molar-refractivity contribution in [1.29, 1.82) is 0 Å². The highest BCUT2D eigenvalue weighted by Gasteiger charge is 2.38. The van der Waals surface area contributed by atoms with Gasteiger partial charge in [0.25, 0.3) is 0 Å². The molecule has 1 aliphatic rings. The molecule has 1 N–H and O–H groups in total. The van der Waals surface area contributed by atoms with Gasteiger partial charge in [0, 0.05) is 12.0 Å². The highest BCUT2D eigenvalue weighted by atomic mass is 19.1. The van der Waals surface area contributed by atoms with E-state index < -0.39 is 5.54 Å². The van der Waals surface area contributed by atoms with Crippen LogP contribution in [0.15, 0.2) is 24.3 Å². The molecule has 0 spiro atoms. The molecule has 0 aromatic heterocycles. The number of benzene rings is 1. The quantitative estimate of drug-likeness (QED) is 0.880. The maximum absolute atomic E-state index is 14.0. The van der Waals surface area contributed by atoms with Crippen LogP contribution in [0, 0.1) is 11.7 Å². The van der Waals surface area contributed by atoms with E-state index in [0.717, 1.165) is 25.7 Å². The molecule has 19 heavy (non-hydrogen) atoms. The largest absolute Gasteiger partial charge is 0.346 e. The maximum atomic E-state index is 14.0. The molecule has 0 radical (unpaired) electrons. The molecule has 1 aromatic carbocycles. The van der Waals surface area contributed by atoms with Gasteiger partial charge in [0.2, 0.25) is 5.91 Å². The molecular weight excluding hydrogens is 241 g/mol. The molecule has 0 atom stereocenters. The van der Waals surface area contributed by atoms with E-state index in [4.69, 9.17) is 0 Å². The van der Waals surface area contributed by atoms with Gasteiger partial charge in [0.1, 0.15) is 5.82 Å². The van der Waals surface area contributed by atoms with Gasteiger partial charge in [-0.1, -0.05) is 44.9 Å². The number of rotatable bonds is 4. The summed E-state index contributed by atoms with van der Waals surface area (Å²) >= 11 is 0. The summed E-state index contributed by atoms with van der Waals surface area (Å²) in [6, 6.07) is 6.81. The number of halogens is 1. The summed E-state index contributed by atoms with van der Waals surface area (Å²) in [6.45, 7) is 4.04. The Morgan fingerprint density at radius 2 is 1.95 bits per heavy atom. The molecule has 104 valence electrons. The molecule has 0 heterocycles. The Morgan fingerprint density at radius 1 is 1.32 bits per heavy atom. The van der Waals surface area contributed by atoms with Crippen molar-refractivity contribution < 1.29 is 9.18 Å². The Morgan fingerprint density at radius 3 is 2.53 bits per heavy atom. The molecule has 1 saturated carbocycles. The molecule has 0 aliphatic heterocycles. The van der Waals surface area contributed by atoms with E-state index in [-0.39, 0.29) is 11.7 Å². The highest BCUT2D eigenvalue weighted by molar-refractivity contribution is 5.77. The SMILES string of the molecule is CC(C)CC(=O)NC1(c2ccccc2F)CCCC1. The second-order valence-electron chi connectivity index (χ2n) is 5.92. The fourth-order valence-corrected chi connectivity index (χ4v) is 2.98. The lowest BCUT2D eigenvalue weighted by Gasteiger charge is -2.31. The van der Waals surface area contributed by atoms with Gasteiger partial charge in [-0.05, 0) is 24.8 Å². The average Bonchev–Trinajstić information content (AvgIpc) is 2.77. The Bertz CT molecular complexity index is 450. The maximum Gasteiger partial charge on any atom is 0.220 e. The summed E-state index contributed by atoms with van der Waals surface area (Å²) in [6.07, 6.45) is 4.23. The van der Waals surface area contributed by atoms with Crippen molar-refractivity contribution in [3.63, 3.8) is 0 Å². The number of hydrogen-bond donors (Lipinski definition) is 1. The second-order valence-corrected chi connectivity index (χ2v) is 5.92. The van der Waals surface area contributed by atoms with Gasteiger partial charge in [0.15, 0.2) is 0 Å². The standard InChI is InChI=1S/C16H22FNO/c1-12(2)11-15(19)18-16(9-5-6-10-16)13-7-3-4-8-14(13)17/h3-4,7-8,12H,5-6,9-11H2,1-2H3,(H,18,19). The van der Waals surface area contributed by atoms with Crippen molar-refractivity contribution in [1.82, 2.24) is 5.32 Å². The van der Waals surface area contributed by atoms with Crippen LogP contribution in [0.5, 0.6) is 0 Å². The zero-order chi connectivity index (χ0) is 13.9. The van der Waals surface area contributed by atoms with Crippen LogP contribution in [0.1, 0.15) is 51.5 Å². The van der Waals surface area contributed by atoms with E-state index >= 15 is 0 Å². The molecular formula is C16H22FNO. The Kier molecular flexibility index (Phi) is 4.23. The van der Waals surface area contributed by atoms with E-state index in [2.05, 4.69) is 5.32 Å².